The molecule has 1 N–H and O–H groups in total. The second-order valence-corrected chi connectivity index (χ2v) is 12.8. The van der Waals surface area contributed by atoms with E-state index >= 15 is 0 Å². The first-order valence-electron chi connectivity index (χ1n) is 10.5. The van der Waals surface area contributed by atoms with Crippen molar-refractivity contribution in [2.75, 3.05) is 18.4 Å². The normalized spacial score (nSPS) is 16.9. The molecule has 0 spiro atoms. The van der Waals surface area contributed by atoms with Crippen molar-refractivity contribution in [3.05, 3.63) is 69.7 Å². The predicted molar refractivity (Wildman–Crippen MR) is 138 cm³/mol. The Labute approximate surface area is 216 Å². The minimum atomic E-state index is -3.69. The average molecular weight is 558 g/mol. The Morgan fingerprint density at radius 3 is 2.59 bits per heavy atom. The standard InChI is InChI=1S/C22H22Cl2N4O3S3/c23-18-9-4-10-19(24)17(18)14-34(30,31)28-11-5-8-16(12-28)20(29)25-21-26-27-22(33-21)32-13-15-6-2-1-3-7-15/h1-4,6-7,9-10,16H,5,8,11-14H2,(H,25,26,29)/t16-/m1/s1. The number of rotatable bonds is 8. The summed E-state index contributed by atoms with van der Waals surface area (Å²) in [7, 11) is -3.69. The zero-order valence-corrected chi connectivity index (χ0v) is 21.9. The van der Waals surface area contributed by atoms with Gasteiger partial charge in [-0.3, -0.25) is 4.79 Å². The van der Waals surface area contributed by atoms with E-state index in [0.717, 1.165) is 10.1 Å². The number of sulfonamides is 1. The van der Waals surface area contributed by atoms with E-state index in [1.807, 2.05) is 30.3 Å². The van der Waals surface area contributed by atoms with Gasteiger partial charge in [0, 0.05) is 34.5 Å². The molecule has 1 saturated heterocycles. The molecule has 1 aliphatic heterocycles. The van der Waals surface area contributed by atoms with Crippen molar-refractivity contribution >= 4 is 67.4 Å². The van der Waals surface area contributed by atoms with Gasteiger partial charge in [0.2, 0.25) is 21.1 Å². The Kier molecular flexibility index (Phi) is 8.49. The molecule has 1 amide bonds. The molecular weight excluding hydrogens is 535 g/mol. The van der Waals surface area contributed by atoms with Crippen molar-refractivity contribution in [1.82, 2.24) is 14.5 Å². The molecule has 34 heavy (non-hydrogen) atoms. The van der Waals surface area contributed by atoms with Crippen LogP contribution >= 0.6 is 46.3 Å². The summed E-state index contributed by atoms with van der Waals surface area (Å²) in [6.07, 6.45) is 1.18. The highest BCUT2D eigenvalue weighted by molar-refractivity contribution is 8.00. The molecule has 0 unspecified atom stereocenters. The lowest BCUT2D eigenvalue weighted by molar-refractivity contribution is -0.120. The summed E-state index contributed by atoms with van der Waals surface area (Å²) in [5.74, 6) is -0.284. The van der Waals surface area contributed by atoms with Crippen molar-refractivity contribution < 1.29 is 13.2 Å². The Morgan fingerprint density at radius 2 is 1.85 bits per heavy atom. The Morgan fingerprint density at radius 1 is 1.12 bits per heavy atom. The second kappa shape index (κ2) is 11.4. The number of halogens is 2. The molecule has 0 aliphatic carbocycles. The largest absolute Gasteiger partial charge is 0.300 e. The number of piperidine rings is 1. The zero-order chi connectivity index (χ0) is 24.1. The minimum Gasteiger partial charge on any atom is -0.300 e. The summed E-state index contributed by atoms with van der Waals surface area (Å²) in [4.78, 5) is 12.9. The number of thioether (sulfide) groups is 1. The molecule has 3 aromatic rings. The van der Waals surface area contributed by atoms with E-state index < -0.39 is 15.9 Å². The maximum Gasteiger partial charge on any atom is 0.230 e. The minimum absolute atomic E-state index is 0.102. The van der Waals surface area contributed by atoms with Crippen molar-refractivity contribution in [3.8, 4) is 0 Å². The molecule has 12 heteroatoms. The molecule has 1 aliphatic rings. The average Bonchev–Trinajstić information content (AvgIpc) is 3.28. The summed E-state index contributed by atoms with van der Waals surface area (Å²) in [5.41, 5.74) is 1.54. The van der Waals surface area contributed by atoms with E-state index in [2.05, 4.69) is 15.5 Å². The molecule has 1 fully saturated rings. The molecule has 2 aromatic carbocycles. The number of nitrogens with one attached hydrogen (secondary N) is 1. The fraction of sp³-hybridized carbons (Fsp3) is 0.318. The van der Waals surface area contributed by atoms with Gasteiger partial charge in [-0.1, -0.05) is 82.7 Å². The lowest BCUT2D eigenvalue weighted by Crippen LogP contribution is -2.44. The first-order valence-corrected chi connectivity index (χ1v) is 14.7. The Bertz CT molecular complexity index is 1240. The van der Waals surface area contributed by atoms with Crippen LogP contribution in [-0.4, -0.2) is 41.9 Å². The van der Waals surface area contributed by atoms with Crippen LogP contribution in [0.1, 0.15) is 24.0 Å². The molecule has 2 heterocycles. The van der Waals surface area contributed by atoms with E-state index in [0.29, 0.717) is 40.1 Å². The van der Waals surface area contributed by atoms with Crippen LogP contribution in [0, 0.1) is 5.92 Å². The second-order valence-electron chi connectivity index (χ2n) is 7.79. The van der Waals surface area contributed by atoms with E-state index in [-0.39, 0.29) is 18.2 Å². The van der Waals surface area contributed by atoms with Gasteiger partial charge in [0.25, 0.3) is 0 Å². The third-order valence-electron chi connectivity index (χ3n) is 5.38. The predicted octanol–water partition coefficient (Wildman–Crippen LogP) is 5.32. The van der Waals surface area contributed by atoms with Gasteiger partial charge in [0.15, 0.2) is 4.34 Å². The highest BCUT2D eigenvalue weighted by Crippen LogP contribution is 2.31. The van der Waals surface area contributed by atoms with Crippen LogP contribution in [0.3, 0.4) is 0 Å². The lowest BCUT2D eigenvalue weighted by Gasteiger charge is -2.31. The molecule has 0 radical (unpaired) electrons. The third kappa shape index (κ3) is 6.50. The zero-order valence-electron chi connectivity index (χ0n) is 18.0. The topological polar surface area (TPSA) is 92.3 Å². The van der Waals surface area contributed by atoms with Crippen LogP contribution in [0.2, 0.25) is 10.0 Å². The van der Waals surface area contributed by atoms with Gasteiger partial charge >= 0.3 is 0 Å². The number of hydrogen-bond acceptors (Lipinski definition) is 7. The molecular formula is C22H22Cl2N4O3S3. The fourth-order valence-corrected chi connectivity index (χ4v) is 7.67. The van der Waals surface area contributed by atoms with E-state index in [9.17, 15) is 13.2 Å². The summed E-state index contributed by atoms with van der Waals surface area (Å²) in [6, 6.07) is 14.9. The fourth-order valence-electron chi connectivity index (χ4n) is 3.60. The maximum absolute atomic E-state index is 13.0. The van der Waals surface area contributed by atoms with Crippen LogP contribution in [0.4, 0.5) is 5.13 Å². The van der Waals surface area contributed by atoms with E-state index in [4.69, 9.17) is 23.2 Å². The van der Waals surface area contributed by atoms with Gasteiger partial charge < -0.3 is 5.32 Å². The number of carbonyl (C=O) groups is 1. The molecule has 7 nitrogen and oxygen atoms in total. The number of carbonyl (C=O) groups excluding carboxylic acids is 1. The van der Waals surface area contributed by atoms with Crippen LogP contribution in [0.15, 0.2) is 52.9 Å². The number of benzene rings is 2. The van der Waals surface area contributed by atoms with E-state index in [1.165, 1.54) is 21.2 Å². The maximum atomic E-state index is 13.0. The smallest absolute Gasteiger partial charge is 0.230 e. The van der Waals surface area contributed by atoms with Gasteiger partial charge in [-0.25, -0.2) is 12.7 Å². The Balaban J connectivity index is 1.35. The van der Waals surface area contributed by atoms with Gasteiger partial charge in [-0.2, -0.15) is 0 Å². The summed E-state index contributed by atoms with van der Waals surface area (Å²) < 4.78 is 28.2. The Hall–Kier alpha value is -1.69. The summed E-state index contributed by atoms with van der Waals surface area (Å²) in [5, 5.41) is 12.0. The molecule has 0 saturated carbocycles. The van der Waals surface area contributed by atoms with Crippen LogP contribution < -0.4 is 5.32 Å². The van der Waals surface area contributed by atoms with Gasteiger partial charge in [0.1, 0.15) is 0 Å². The van der Waals surface area contributed by atoms with Crippen molar-refractivity contribution in [2.45, 2.75) is 28.7 Å². The number of nitrogens with zero attached hydrogens (tertiary/aromatic N) is 3. The van der Waals surface area contributed by atoms with Crippen LogP contribution in [0.5, 0.6) is 0 Å². The van der Waals surface area contributed by atoms with Gasteiger partial charge in [0.05, 0.1) is 11.7 Å². The van der Waals surface area contributed by atoms with Gasteiger partial charge in [-0.15, -0.1) is 10.2 Å². The van der Waals surface area contributed by atoms with Crippen molar-refractivity contribution in [3.63, 3.8) is 0 Å². The molecule has 1 atom stereocenters. The summed E-state index contributed by atoms with van der Waals surface area (Å²) in [6.45, 7) is 0.456. The monoisotopic (exact) mass is 556 g/mol. The first-order chi connectivity index (χ1) is 16.3. The van der Waals surface area contributed by atoms with E-state index in [1.54, 1.807) is 30.0 Å². The number of aromatic nitrogens is 2. The van der Waals surface area contributed by atoms with Crippen LogP contribution in [0.25, 0.3) is 0 Å². The molecule has 0 bridgehead atoms. The van der Waals surface area contributed by atoms with Crippen LogP contribution in [-0.2, 0) is 26.3 Å². The highest BCUT2D eigenvalue weighted by atomic mass is 35.5. The number of amides is 1. The molecule has 4 rings (SSSR count). The third-order valence-corrected chi connectivity index (χ3v) is 9.90. The summed E-state index contributed by atoms with van der Waals surface area (Å²) >= 11 is 15.2. The number of hydrogen-bond donors (Lipinski definition) is 1. The quantitative estimate of drug-likeness (QED) is 0.298. The number of anilines is 1. The first kappa shape index (κ1) is 25.4. The highest BCUT2D eigenvalue weighted by Gasteiger charge is 2.33. The lowest BCUT2D eigenvalue weighted by atomic mass is 9.99. The SMILES string of the molecule is O=C(Nc1nnc(SCc2ccccc2)s1)[C@@H]1CCCN(S(=O)(=O)Cc2c(Cl)cccc2Cl)C1. The van der Waals surface area contributed by atoms with Crippen molar-refractivity contribution in [2.24, 2.45) is 5.92 Å². The molecule has 1 aromatic heterocycles. The van der Waals surface area contributed by atoms with Gasteiger partial charge in [-0.05, 0) is 30.5 Å². The van der Waals surface area contributed by atoms with Crippen molar-refractivity contribution in [1.29, 1.82) is 0 Å². The molecule has 180 valence electrons.